The molecule has 2 heterocycles. The van der Waals surface area contributed by atoms with E-state index >= 15 is 0 Å². The predicted molar refractivity (Wildman–Crippen MR) is 101 cm³/mol. The Bertz CT molecular complexity index is 900. The number of benzene rings is 1. The molecule has 7 nitrogen and oxygen atoms in total. The summed E-state index contributed by atoms with van der Waals surface area (Å²) in [4.78, 5) is 1.96. The molecule has 0 unspecified atom stereocenters. The van der Waals surface area contributed by atoms with E-state index in [0.717, 1.165) is 13.0 Å². The minimum Gasteiger partial charge on any atom is -0.480 e. The van der Waals surface area contributed by atoms with Crippen LogP contribution in [0.5, 0.6) is 5.75 Å². The van der Waals surface area contributed by atoms with Gasteiger partial charge in [0.1, 0.15) is 0 Å². The van der Waals surface area contributed by atoms with Crippen LogP contribution in [0, 0.1) is 5.82 Å². The molecule has 27 heavy (non-hydrogen) atoms. The summed E-state index contributed by atoms with van der Waals surface area (Å²) in [6.07, 6.45) is 2.22. The quantitative estimate of drug-likeness (QED) is 0.747. The van der Waals surface area contributed by atoms with Crippen LogP contribution in [0.25, 0.3) is 0 Å². The van der Waals surface area contributed by atoms with Gasteiger partial charge in [-0.2, -0.15) is 0 Å². The summed E-state index contributed by atoms with van der Waals surface area (Å²) in [5, 5.41) is 8.13. The van der Waals surface area contributed by atoms with Gasteiger partial charge in [-0.25, -0.2) is 12.8 Å². The zero-order chi connectivity index (χ0) is 19.6. The van der Waals surface area contributed by atoms with Gasteiger partial charge in [-0.3, -0.25) is 4.57 Å². The monoisotopic (exact) mass is 396 g/mol. The molecule has 3 rings (SSSR count). The minimum absolute atomic E-state index is 0.160. The van der Waals surface area contributed by atoms with Gasteiger partial charge in [-0.1, -0.05) is 12.1 Å². The standard InChI is InChI=1S/C18H25FN4O3S/c1-4-23-17(13(2)26-16-10-6-5-9-15(16)19)20-21-18(23)22-11-7-8-14(12-22)27(3,24)25/h5-6,9-10,13-14H,4,7-8,11-12H2,1-3H3/t13-,14+/m0/s1. The third-order valence-corrected chi connectivity index (χ3v) is 6.44. The highest BCUT2D eigenvalue weighted by molar-refractivity contribution is 7.91. The molecule has 2 aromatic rings. The lowest BCUT2D eigenvalue weighted by atomic mass is 10.1. The van der Waals surface area contributed by atoms with Crippen molar-refractivity contribution in [2.45, 2.75) is 44.6 Å². The molecule has 0 aliphatic carbocycles. The lowest BCUT2D eigenvalue weighted by Crippen LogP contribution is -2.43. The number of rotatable bonds is 6. The van der Waals surface area contributed by atoms with Gasteiger partial charge in [0.05, 0.1) is 5.25 Å². The van der Waals surface area contributed by atoms with Crippen molar-refractivity contribution in [2.75, 3.05) is 24.2 Å². The van der Waals surface area contributed by atoms with Crippen LogP contribution in [0.4, 0.5) is 10.3 Å². The van der Waals surface area contributed by atoms with E-state index in [-0.39, 0.29) is 5.75 Å². The predicted octanol–water partition coefficient (Wildman–Crippen LogP) is 2.59. The van der Waals surface area contributed by atoms with Crippen molar-refractivity contribution in [2.24, 2.45) is 0 Å². The van der Waals surface area contributed by atoms with Crippen molar-refractivity contribution < 1.29 is 17.5 Å². The van der Waals surface area contributed by atoms with Crippen LogP contribution in [0.3, 0.4) is 0 Å². The second-order valence-electron chi connectivity index (χ2n) is 6.83. The average Bonchev–Trinajstić information content (AvgIpc) is 3.07. The van der Waals surface area contributed by atoms with E-state index in [2.05, 4.69) is 10.2 Å². The van der Waals surface area contributed by atoms with E-state index in [0.29, 0.717) is 31.3 Å². The number of hydrogen-bond donors (Lipinski definition) is 0. The summed E-state index contributed by atoms with van der Waals surface area (Å²) in [6.45, 7) is 5.49. The number of halogens is 1. The maximum Gasteiger partial charge on any atom is 0.227 e. The first kappa shape index (κ1) is 19.6. The molecule has 0 radical (unpaired) electrons. The first-order chi connectivity index (χ1) is 12.8. The van der Waals surface area contributed by atoms with Crippen molar-refractivity contribution in [3.8, 4) is 5.75 Å². The molecule has 1 fully saturated rings. The molecule has 0 bridgehead atoms. The van der Waals surface area contributed by atoms with Crippen molar-refractivity contribution in [1.82, 2.24) is 14.8 Å². The molecule has 1 saturated heterocycles. The molecule has 1 aromatic carbocycles. The fourth-order valence-corrected chi connectivity index (χ4v) is 4.44. The molecule has 2 atom stereocenters. The normalized spacial score (nSPS) is 19.1. The van der Waals surface area contributed by atoms with Gasteiger partial charge < -0.3 is 9.64 Å². The van der Waals surface area contributed by atoms with E-state index < -0.39 is 27.0 Å². The molecule has 0 N–H and O–H groups in total. The molecule has 1 aliphatic heterocycles. The van der Waals surface area contributed by atoms with Crippen LogP contribution in [-0.2, 0) is 16.4 Å². The first-order valence-corrected chi connectivity index (χ1v) is 11.0. The van der Waals surface area contributed by atoms with Crippen molar-refractivity contribution >= 4 is 15.8 Å². The Morgan fingerprint density at radius 1 is 1.33 bits per heavy atom. The molecule has 0 spiro atoms. The number of piperidine rings is 1. The van der Waals surface area contributed by atoms with E-state index in [1.807, 2.05) is 16.4 Å². The van der Waals surface area contributed by atoms with E-state index in [1.54, 1.807) is 25.1 Å². The van der Waals surface area contributed by atoms with Crippen molar-refractivity contribution in [1.29, 1.82) is 0 Å². The summed E-state index contributed by atoms with van der Waals surface area (Å²) in [5.41, 5.74) is 0. The fraction of sp³-hybridized carbons (Fsp3) is 0.556. The Hall–Kier alpha value is -2.16. The van der Waals surface area contributed by atoms with Crippen LogP contribution >= 0.6 is 0 Å². The fourth-order valence-electron chi connectivity index (χ4n) is 3.40. The van der Waals surface area contributed by atoms with Crippen LogP contribution in [0.2, 0.25) is 0 Å². The van der Waals surface area contributed by atoms with Crippen LogP contribution in [0.15, 0.2) is 24.3 Å². The molecule has 9 heteroatoms. The van der Waals surface area contributed by atoms with E-state index in [4.69, 9.17) is 4.74 Å². The second-order valence-corrected chi connectivity index (χ2v) is 9.16. The summed E-state index contributed by atoms with van der Waals surface area (Å²) in [6, 6.07) is 6.23. The Morgan fingerprint density at radius 2 is 2.07 bits per heavy atom. The lowest BCUT2D eigenvalue weighted by Gasteiger charge is -2.32. The topological polar surface area (TPSA) is 77.3 Å². The van der Waals surface area contributed by atoms with Crippen molar-refractivity contribution in [3.63, 3.8) is 0 Å². The largest absolute Gasteiger partial charge is 0.480 e. The molecular weight excluding hydrogens is 371 g/mol. The molecular formula is C18H25FN4O3S. The van der Waals surface area contributed by atoms with Gasteiger partial charge in [0.15, 0.2) is 33.3 Å². The number of sulfone groups is 1. The SMILES string of the molecule is CCn1c([C@H](C)Oc2ccccc2F)nnc1N1CCC[C@@H](S(C)(=O)=O)C1. The molecule has 0 amide bonds. The maximum atomic E-state index is 13.9. The molecule has 148 valence electrons. The summed E-state index contributed by atoms with van der Waals surface area (Å²) < 4.78 is 45.4. The Labute approximate surface area is 159 Å². The second kappa shape index (κ2) is 7.84. The van der Waals surface area contributed by atoms with Gasteiger partial charge in [0.25, 0.3) is 0 Å². The summed E-state index contributed by atoms with van der Waals surface area (Å²) in [5.74, 6) is 0.938. The minimum atomic E-state index is -3.11. The number of aromatic nitrogens is 3. The Morgan fingerprint density at radius 3 is 2.74 bits per heavy atom. The first-order valence-electron chi connectivity index (χ1n) is 9.09. The number of anilines is 1. The highest BCUT2D eigenvalue weighted by Gasteiger charge is 2.31. The van der Waals surface area contributed by atoms with Gasteiger partial charge >= 0.3 is 0 Å². The smallest absolute Gasteiger partial charge is 0.227 e. The van der Waals surface area contributed by atoms with Gasteiger partial charge in [-0.15, -0.1) is 10.2 Å². The summed E-state index contributed by atoms with van der Waals surface area (Å²) >= 11 is 0. The third kappa shape index (κ3) is 4.23. The Balaban J connectivity index is 1.83. The number of para-hydroxylation sites is 1. The van der Waals surface area contributed by atoms with E-state index in [9.17, 15) is 12.8 Å². The molecule has 0 saturated carbocycles. The number of hydrogen-bond acceptors (Lipinski definition) is 6. The Kier molecular flexibility index (Phi) is 5.69. The third-order valence-electron chi connectivity index (χ3n) is 4.85. The number of ether oxygens (including phenoxy) is 1. The van der Waals surface area contributed by atoms with Crippen LogP contribution in [0.1, 0.15) is 38.6 Å². The van der Waals surface area contributed by atoms with Gasteiger partial charge in [0, 0.05) is 25.9 Å². The average molecular weight is 396 g/mol. The highest BCUT2D eigenvalue weighted by atomic mass is 32.2. The van der Waals surface area contributed by atoms with Gasteiger partial charge in [0.2, 0.25) is 5.95 Å². The van der Waals surface area contributed by atoms with E-state index in [1.165, 1.54) is 12.3 Å². The zero-order valence-corrected chi connectivity index (χ0v) is 16.6. The lowest BCUT2D eigenvalue weighted by molar-refractivity contribution is 0.201. The van der Waals surface area contributed by atoms with Crippen LogP contribution in [-0.4, -0.2) is 47.8 Å². The van der Waals surface area contributed by atoms with Crippen LogP contribution < -0.4 is 9.64 Å². The number of nitrogens with zero attached hydrogens (tertiary/aromatic N) is 4. The molecule has 1 aromatic heterocycles. The molecule has 1 aliphatic rings. The zero-order valence-electron chi connectivity index (χ0n) is 15.8. The summed E-state index contributed by atoms with van der Waals surface area (Å²) in [7, 11) is -3.11. The highest BCUT2D eigenvalue weighted by Crippen LogP contribution is 2.27. The van der Waals surface area contributed by atoms with Gasteiger partial charge in [-0.05, 0) is 38.8 Å². The van der Waals surface area contributed by atoms with Crippen molar-refractivity contribution in [3.05, 3.63) is 35.9 Å². The maximum absolute atomic E-state index is 13.9.